The van der Waals surface area contributed by atoms with Gasteiger partial charge in [-0.1, -0.05) is 6.07 Å². The fourth-order valence-corrected chi connectivity index (χ4v) is 1.35. The topological polar surface area (TPSA) is 62.5 Å². The second-order valence-electron chi connectivity index (χ2n) is 3.33. The molecule has 0 unspecified atom stereocenters. The molecular weight excluding hydrogens is 245 g/mol. The number of nitrogens with zero attached hydrogens (tertiary/aromatic N) is 4. The first-order valence-corrected chi connectivity index (χ1v) is 4.76. The molecule has 2 aromatic rings. The Hall–Kier alpha value is -2.49. The molecule has 0 aromatic carbocycles. The predicted octanol–water partition coefficient (Wildman–Crippen LogP) is 2.43. The van der Waals surface area contributed by atoms with Gasteiger partial charge in [0.25, 0.3) is 0 Å². The van der Waals surface area contributed by atoms with Crippen molar-refractivity contribution in [3.05, 3.63) is 42.2 Å². The maximum Gasteiger partial charge on any atom is 0.433 e. The molecule has 0 atom stereocenters. The minimum atomic E-state index is -4.48. The monoisotopic (exact) mass is 250 g/mol. The van der Waals surface area contributed by atoms with Crippen molar-refractivity contribution in [1.29, 1.82) is 5.26 Å². The molecule has 0 fully saturated rings. The molecule has 0 saturated carbocycles. The minimum Gasteiger partial charge on any atom is -0.251 e. The van der Waals surface area contributed by atoms with Gasteiger partial charge in [-0.15, -0.1) is 0 Å². The lowest BCUT2D eigenvalue weighted by Gasteiger charge is -2.06. The molecule has 4 nitrogen and oxygen atoms in total. The van der Waals surface area contributed by atoms with E-state index in [1.54, 1.807) is 0 Å². The summed E-state index contributed by atoms with van der Waals surface area (Å²) in [6, 6.07) is 3.92. The third-order valence-corrected chi connectivity index (χ3v) is 2.18. The normalized spacial score (nSPS) is 11.0. The molecule has 0 aliphatic carbocycles. The zero-order valence-corrected chi connectivity index (χ0v) is 8.81. The molecule has 2 heterocycles. The van der Waals surface area contributed by atoms with Gasteiger partial charge in [0, 0.05) is 23.5 Å². The number of aromatic nitrogens is 3. The van der Waals surface area contributed by atoms with Crippen molar-refractivity contribution < 1.29 is 13.2 Å². The molecule has 0 bridgehead atoms. The van der Waals surface area contributed by atoms with Crippen molar-refractivity contribution >= 4 is 0 Å². The van der Waals surface area contributed by atoms with Crippen molar-refractivity contribution in [2.75, 3.05) is 0 Å². The summed E-state index contributed by atoms with van der Waals surface area (Å²) in [7, 11) is 0. The van der Waals surface area contributed by atoms with Crippen LogP contribution in [0.2, 0.25) is 0 Å². The molecule has 2 aromatic heterocycles. The van der Waals surface area contributed by atoms with Gasteiger partial charge in [-0.25, -0.2) is 9.97 Å². The smallest absolute Gasteiger partial charge is 0.251 e. The molecule has 0 aliphatic heterocycles. The molecule has 90 valence electrons. The van der Waals surface area contributed by atoms with Crippen LogP contribution in [0.1, 0.15) is 11.4 Å². The summed E-state index contributed by atoms with van der Waals surface area (Å²) in [4.78, 5) is 10.8. The van der Waals surface area contributed by atoms with E-state index in [0.717, 1.165) is 12.3 Å². The van der Waals surface area contributed by atoms with Gasteiger partial charge in [0.05, 0.1) is 0 Å². The summed E-state index contributed by atoms with van der Waals surface area (Å²) in [5.41, 5.74) is -0.186. The average Bonchev–Trinajstić information content (AvgIpc) is 2.38. The fraction of sp³-hybridized carbons (Fsp3) is 0.0909. The van der Waals surface area contributed by atoms with Crippen LogP contribution in [0.3, 0.4) is 0 Å². The molecule has 0 N–H and O–H groups in total. The first-order valence-electron chi connectivity index (χ1n) is 4.76. The number of hydrogen-bond donors (Lipinski definition) is 0. The lowest BCUT2D eigenvalue weighted by molar-refractivity contribution is -0.141. The zero-order chi connectivity index (χ0) is 13.2. The summed E-state index contributed by atoms with van der Waals surface area (Å²) in [6.45, 7) is 0. The first-order chi connectivity index (χ1) is 8.52. The van der Waals surface area contributed by atoms with Crippen LogP contribution in [0.5, 0.6) is 0 Å². The van der Waals surface area contributed by atoms with Crippen molar-refractivity contribution in [3.63, 3.8) is 0 Å². The Morgan fingerprint density at radius 3 is 2.44 bits per heavy atom. The van der Waals surface area contributed by atoms with Crippen LogP contribution < -0.4 is 0 Å². The summed E-state index contributed by atoms with van der Waals surface area (Å²) >= 11 is 0. The molecule has 7 heteroatoms. The molecule has 0 radical (unpaired) electrons. The standard InChI is InChI=1S/C11H5F3N4/c12-11(13,14)10-2-1-7(4-17-10)8-5-16-6-18-9(8)3-15/h1-2,4-6H. The minimum absolute atomic E-state index is 0.0894. The highest BCUT2D eigenvalue weighted by Gasteiger charge is 2.32. The van der Waals surface area contributed by atoms with Gasteiger partial charge in [0.2, 0.25) is 0 Å². The molecular formula is C11H5F3N4. The number of halogens is 3. The Morgan fingerprint density at radius 1 is 1.11 bits per heavy atom. The fourth-order valence-electron chi connectivity index (χ4n) is 1.35. The van der Waals surface area contributed by atoms with Crippen molar-refractivity contribution in [2.45, 2.75) is 6.18 Å². The Bertz CT molecular complexity index is 599. The van der Waals surface area contributed by atoms with Crippen LogP contribution in [0.15, 0.2) is 30.9 Å². The number of pyridine rings is 1. The number of alkyl halides is 3. The van der Waals surface area contributed by atoms with Crippen molar-refractivity contribution in [1.82, 2.24) is 15.0 Å². The van der Waals surface area contributed by atoms with Gasteiger partial charge in [0.15, 0.2) is 5.69 Å². The Morgan fingerprint density at radius 2 is 1.89 bits per heavy atom. The van der Waals surface area contributed by atoms with Gasteiger partial charge in [-0.2, -0.15) is 18.4 Å². The van der Waals surface area contributed by atoms with E-state index in [1.807, 2.05) is 6.07 Å². The lowest BCUT2D eigenvalue weighted by Crippen LogP contribution is -2.07. The van der Waals surface area contributed by atoms with Crippen molar-refractivity contribution in [3.8, 4) is 17.2 Å². The van der Waals surface area contributed by atoms with Crippen LogP contribution in [0.4, 0.5) is 13.2 Å². The van der Waals surface area contributed by atoms with Crippen LogP contribution in [-0.2, 0) is 6.18 Å². The molecule has 2 rings (SSSR count). The summed E-state index contributed by atoms with van der Waals surface area (Å²) in [5.74, 6) is 0. The molecule has 18 heavy (non-hydrogen) atoms. The van der Waals surface area contributed by atoms with E-state index in [9.17, 15) is 13.2 Å². The number of rotatable bonds is 1. The van der Waals surface area contributed by atoms with E-state index in [4.69, 9.17) is 5.26 Å². The quantitative estimate of drug-likeness (QED) is 0.779. The third kappa shape index (κ3) is 2.27. The van der Waals surface area contributed by atoms with E-state index in [2.05, 4.69) is 15.0 Å². The van der Waals surface area contributed by atoms with E-state index < -0.39 is 11.9 Å². The molecule has 0 saturated heterocycles. The third-order valence-electron chi connectivity index (χ3n) is 2.18. The molecule has 0 aliphatic rings. The SMILES string of the molecule is N#Cc1ncncc1-c1ccc(C(F)(F)F)nc1. The van der Waals surface area contributed by atoms with E-state index in [1.165, 1.54) is 18.6 Å². The van der Waals surface area contributed by atoms with Gasteiger partial charge in [-0.3, -0.25) is 4.98 Å². The molecule has 0 amide bonds. The Kier molecular flexibility index (Phi) is 2.93. The highest BCUT2D eigenvalue weighted by atomic mass is 19.4. The molecule has 0 spiro atoms. The highest BCUT2D eigenvalue weighted by Crippen LogP contribution is 2.29. The van der Waals surface area contributed by atoms with Gasteiger partial charge in [0.1, 0.15) is 18.1 Å². The predicted molar refractivity (Wildman–Crippen MR) is 55.0 cm³/mol. The maximum atomic E-state index is 12.3. The lowest BCUT2D eigenvalue weighted by atomic mass is 10.1. The summed E-state index contributed by atoms with van der Waals surface area (Å²) in [6.07, 6.45) is -0.887. The van der Waals surface area contributed by atoms with Crippen LogP contribution in [-0.4, -0.2) is 15.0 Å². The van der Waals surface area contributed by atoms with Crippen LogP contribution >= 0.6 is 0 Å². The second kappa shape index (κ2) is 4.41. The van der Waals surface area contributed by atoms with Crippen LogP contribution in [0, 0.1) is 11.3 Å². The Labute approximate surface area is 99.8 Å². The second-order valence-corrected chi connectivity index (χ2v) is 3.33. The van der Waals surface area contributed by atoms with E-state index >= 15 is 0 Å². The van der Waals surface area contributed by atoms with Gasteiger partial charge in [-0.05, 0) is 6.07 Å². The highest BCUT2D eigenvalue weighted by molar-refractivity contribution is 5.66. The number of nitriles is 1. The first kappa shape index (κ1) is 12.0. The zero-order valence-electron chi connectivity index (χ0n) is 8.81. The van der Waals surface area contributed by atoms with Crippen molar-refractivity contribution in [2.24, 2.45) is 0 Å². The van der Waals surface area contributed by atoms with E-state index in [0.29, 0.717) is 11.1 Å². The van der Waals surface area contributed by atoms with Gasteiger partial charge < -0.3 is 0 Å². The van der Waals surface area contributed by atoms with Crippen LogP contribution in [0.25, 0.3) is 11.1 Å². The van der Waals surface area contributed by atoms with Gasteiger partial charge >= 0.3 is 6.18 Å². The summed E-state index contributed by atoms with van der Waals surface area (Å²) < 4.78 is 37.0. The van der Waals surface area contributed by atoms with E-state index in [-0.39, 0.29) is 5.69 Å². The Balaban J connectivity index is 2.45. The largest absolute Gasteiger partial charge is 0.433 e. The average molecular weight is 250 g/mol. The maximum absolute atomic E-state index is 12.3. The summed E-state index contributed by atoms with van der Waals surface area (Å²) in [5, 5.41) is 8.82. The number of hydrogen-bond acceptors (Lipinski definition) is 4.